The molecule has 1 aromatic carbocycles. The normalized spacial score (nSPS) is 12.5. The first-order valence-electron chi connectivity index (χ1n) is 5.19. The summed E-state index contributed by atoms with van der Waals surface area (Å²) in [5.41, 5.74) is 0.303. The lowest BCUT2D eigenvalue weighted by Gasteiger charge is -2.16. The van der Waals surface area contributed by atoms with E-state index in [1.807, 2.05) is 0 Å². The second-order valence-corrected chi connectivity index (χ2v) is 4.24. The van der Waals surface area contributed by atoms with Crippen LogP contribution in [0.4, 0.5) is 4.39 Å². The number of ether oxygens (including phenoxy) is 1. The Labute approximate surface area is 103 Å². The summed E-state index contributed by atoms with van der Waals surface area (Å²) in [6.07, 6.45) is -0.455. The summed E-state index contributed by atoms with van der Waals surface area (Å²) in [4.78, 5) is 11.6. The van der Waals surface area contributed by atoms with E-state index in [1.165, 1.54) is 6.07 Å². The molecule has 88 valence electrons. The van der Waals surface area contributed by atoms with Crippen molar-refractivity contribution in [2.24, 2.45) is 0 Å². The van der Waals surface area contributed by atoms with Gasteiger partial charge in [-0.2, -0.15) is 0 Å². The van der Waals surface area contributed by atoms with Crippen molar-refractivity contribution in [1.82, 2.24) is 0 Å². The molecule has 0 N–H and O–H groups in total. The van der Waals surface area contributed by atoms with Crippen LogP contribution in [-0.4, -0.2) is 12.4 Å². The summed E-state index contributed by atoms with van der Waals surface area (Å²) in [6, 6.07) is 4.62. The lowest BCUT2D eigenvalue weighted by molar-refractivity contribution is -0.130. The van der Waals surface area contributed by atoms with Crippen molar-refractivity contribution in [1.29, 1.82) is 0 Å². The second-order valence-electron chi connectivity index (χ2n) is 3.32. The Morgan fingerprint density at radius 2 is 2.19 bits per heavy atom. The quantitative estimate of drug-likeness (QED) is 0.827. The number of carbonyl (C=O) groups is 1. The van der Waals surface area contributed by atoms with Crippen molar-refractivity contribution >= 4 is 21.7 Å². The van der Waals surface area contributed by atoms with Crippen molar-refractivity contribution < 1.29 is 13.9 Å². The molecule has 0 aliphatic heterocycles. The van der Waals surface area contributed by atoms with Gasteiger partial charge in [0, 0.05) is 23.1 Å². The highest BCUT2D eigenvalue weighted by molar-refractivity contribution is 9.10. The molecule has 1 unspecified atom stereocenters. The van der Waals surface area contributed by atoms with E-state index >= 15 is 0 Å². The molecule has 0 amide bonds. The van der Waals surface area contributed by atoms with Crippen LogP contribution < -0.4 is 0 Å². The van der Waals surface area contributed by atoms with Gasteiger partial charge in [0.15, 0.2) is 5.78 Å². The van der Waals surface area contributed by atoms with Gasteiger partial charge in [0.05, 0.1) is 0 Å². The number of ketones is 1. The maximum atomic E-state index is 13.7. The van der Waals surface area contributed by atoms with Gasteiger partial charge in [-0.1, -0.05) is 28.9 Å². The average molecular weight is 289 g/mol. The number of halogens is 2. The van der Waals surface area contributed by atoms with Gasteiger partial charge < -0.3 is 4.74 Å². The van der Waals surface area contributed by atoms with Crippen LogP contribution in [0.1, 0.15) is 31.9 Å². The molecular weight excluding hydrogens is 275 g/mol. The highest BCUT2D eigenvalue weighted by Gasteiger charge is 2.22. The number of hydrogen-bond donors (Lipinski definition) is 0. The fourth-order valence-electron chi connectivity index (χ4n) is 1.42. The Bertz CT molecular complexity index is 379. The number of carbonyl (C=O) groups excluding carboxylic acids is 1. The maximum absolute atomic E-state index is 13.7. The number of rotatable bonds is 5. The van der Waals surface area contributed by atoms with Crippen molar-refractivity contribution in [3.05, 3.63) is 34.1 Å². The van der Waals surface area contributed by atoms with Crippen LogP contribution in [0.15, 0.2) is 22.7 Å². The Hall–Kier alpha value is -0.740. The van der Waals surface area contributed by atoms with Crippen molar-refractivity contribution in [3.63, 3.8) is 0 Å². The monoisotopic (exact) mass is 288 g/mol. The van der Waals surface area contributed by atoms with Gasteiger partial charge in [0.25, 0.3) is 0 Å². The van der Waals surface area contributed by atoms with Crippen LogP contribution in [0, 0.1) is 5.82 Å². The third-order valence-electron chi connectivity index (χ3n) is 2.22. The summed E-state index contributed by atoms with van der Waals surface area (Å²) in [7, 11) is 0. The Morgan fingerprint density at radius 1 is 1.50 bits per heavy atom. The first-order chi connectivity index (χ1) is 7.60. The van der Waals surface area contributed by atoms with Crippen molar-refractivity contribution in [2.45, 2.75) is 26.4 Å². The van der Waals surface area contributed by atoms with Crippen LogP contribution in [0.2, 0.25) is 0 Å². The summed E-state index contributed by atoms with van der Waals surface area (Å²) >= 11 is 3.17. The van der Waals surface area contributed by atoms with Gasteiger partial charge in [0.2, 0.25) is 0 Å². The molecule has 1 atom stereocenters. The number of benzene rings is 1. The van der Waals surface area contributed by atoms with E-state index in [2.05, 4.69) is 15.9 Å². The molecule has 1 rings (SSSR count). The molecule has 0 aromatic heterocycles. The van der Waals surface area contributed by atoms with E-state index < -0.39 is 11.9 Å². The Kier molecular flexibility index (Phi) is 5.09. The Morgan fingerprint density at radius 3 is 2.69 bits per heavy atom. The molecule has 0 bridgehead atoms. The van der Waals surface area contributed by atoms with Crippen LogP contribution in [-0.2, 0) is 9.53 Å². The summed E-state index contributed by atoms with van der Waals surface area (Å²) in [5, 5.41) is 0. The number of hydrogen-bond acceptors (Lipinski definition) is 2. The van der Waals surface area contributed by atoms with Gasteiger partial charge in [0.1, 0.15) is 11.9 Å². The highest BCUT2D eigenvalue weighted by atomic mass is 79.9. The first-order valence-corrected chi connectivity index (χ1v) is 5.98. The minimum atomic E-state index is -0.789. The SMILES string of the molecule is CCOC(C(=O)CC)c1ccc(Br)cc1F. The molecule has 16 heavy (non-hydrogen) atoms. The van der Waals surface area contributed by atoms with Crippen molar-refractivity contribution in [2.75, 3.05) is 6.61 Å². The van der Waals surface area contributed by atoms with E-state index in [9.17, 15) is 9.18 Å². The van der Waals surface area contributed by atoms with Gasteiger partial charge in [-0.25, -0.2) is 4.39 Å². The predicted molar refractivity (Wildman–Crippen MR) is 63.8 cm³/mol. The molecule has 1 aromatic rings. The van der Waals surface area contributed by atoms with E-state index in [0.29, 0.717) is 23.1 Å². The van der Waals surface area contributed by atoms with Gasteiger partial charge in [-0.3, -0.25) is 4.79 Å². The molecule has 4 heteroatoms. The fourth-order valence-corrected chi connectivity index (χ4v) is 1.76. The van der Waals surface area contributed by atoms with Gasteiger partial charge in [-0.15, -0.1) is 0 Å². The molecule has 0 saturated carbocycles. The topological polar surface area (TPSA) is 26.3 Å². The molecule has 0 aliphatic rings. The summed E-state index contributed by atoms with van der Waals surface area (Å²) in [5.74, 6) is -0.530. The predicted octanol–water partition coefficient (Wildman–Crippen LogP) is 3.64. The highest BCUT2D eigenvalue weighted by Crippen LogP contribution is 2.25. The lowest BCUT2D eigenvalue weighted by Crippen LogP contribution is -2.16. The van der Waals surface area contributed by atoms with Gasteiger partial charge in [-0.05, 0) is 19.1 Å². The second kappa shape index (κ2) is 6.11. The van der Waals surface area contributed by atoms with Crippen molar-refractivity contribution in [3.8, 4) is 0 Å². The summed E-state index contributed by atoms with van der Waals surface area (Å²) < 4.78 is 19.6. The van der Waals surface area contributed by atoms with Crippen LogP contribution >= 0.6 is 15.9 Å². The third kappa shape index (κ3) is 3.12. The molecule has 0 saturated heterocycles. The zero-order valence-corrected chi connectivity index (χ0v) is 10.9. The average Bonchev–Trinajstić information content (AvgIpc) is 2.26. The standard InChI is InChI=1S/C12H14BrFO2/c1-3-11(15)12(16-4-2)9-6-5-8(13)7-10(9)14/h5-7,12H,3-4H2,1-2H3. The minimum absolute atomic E-state index is 0.108. The van der Waals surface area contributed by atoms with Crippen LogP contribution in [0.5, 0.6) is 0 Å². The zero-order chi connectivity index (χ0) is 12.1. The van der Waals surface area contributed by atoms with E-state index in [4.69, 9.17) is 4.74 Å². The largest absolute Gasteiger partial charge is 0.366 e. The molecule has 0 aliphatic carbocycles. The van der Waals surface area contributed by atoms with E-state index in [1.54, 1.807) is 26.0 Å². The smallest absolute Gasteiger partial charge is 0.165 e. The molecule has 2 nitrogen and oxygen atoms in total. The Balaban J connectivity index is 3.05. The van der Waals surface area contributed by atoms with Crippen LogP contribution in [0.3, 0.4) is 0 Å². The minimum Gasteiger partial charge on any atom is -0.366 e. The van der Waals surface area contributed by atoms with Gasteiger partial charge >= 0.3 is 0 Å². The maximum Gasteiger partial charge on any atom is 0.165 e. The number of Topliss-reactive ketones (excluding diaryl/α,β-unsaturated/α-hetero) is 1. The van der Waals surface area contributed by atoms with E-state index in [-0.39, 0.29) is 5.78 Å². The zero-order valence-electron chi connectivity index (χ0n) is 9.30. The molecular formula is C12H14BrFO2. The molecule has 0 fully saturated rings. The first kappa shape index (κ1) is 13.3. The fraction of sp³-hybridized carbons (Fsp3) is 0.417. The van der Waals surface area contributed by atoms with E-state index in [0.717, 1.165) is 0 Å². The molecule has 0 spiro atoms. The molecule has 0 radical (unpaired) electrons. The lowest BCUT2D eigenvalue weighted by atomic mass is 10.0. The third-order valence-corrected chi connectivity index (χ3v) is 2.71. The molecule has 0 heterocycles. The van der Waals surface area contributed by atoms with Crippen LogP contribution in [0.25, 0.3) is 0 Å². The summed E-state index contributed by atoms with van der Waals surface area (Å²) in [6.45, 7) is 3.91.